The summed E-state index contributed by atoms with van der Waals surface area (Å²) in [5.74, 6) is 0.514. The Morgan fingerprint density at radius 2 is 2.11 bits per heavy atom. The molecule has 0 bridgehead atoms. The Morgan fingerprint density at radius 3 is 2.72 bits per heavy atom. The number of imidazole rings is 1. The lowest BCUT2D eigenvalue weighted by Crippen LogP contribution is -2.45. The minimum absolute atomic E-state index is 0.167. The van der Waals surface area contributed by atoms with Crippen molar-refractivity contribution in [2.24, 2.45) is 0 Å². The van der Waals surface area contributed by atoms with Crippen LogP contribution in [-0.2, 0) is 0 Å². The summed E-state index contributed by atoms with van der Waals surface area (Å²) in [6, 6.07) is 5.38. The van der Waals surface area contributed by atoms with E-state index < -0.39 is 5.54 Å². The van der Waals surface area contributed by atoms with Gasteiger partial charge in [0.1, 0.15) is 0 Å². The maximum atomic E-state index is 9.37. The van der Waals surface area contributed by atoms with Crippen molar-refractivity contribution in [1.29, 1.82) is 0 Å². The van der Waals surface area contributed by atoms with Crippen LogP contribution in [0.25, 0.3) is 11.0 Å². The second kappa shape index (κ2) is 4.83. The number of hydrogen-bond donors (Lipinski definition) is 5. The largest absolute Gasteiger partial charge is 0.399 e. The molecule has 0 saturated carbocycles. The van der Waals surface area contributed by atoms with E-state index >= 15 is 0 Å². The number of aliphatic hydroxyl groups is 2. The second-order valence-corrected chi connectivity index (χ2v) is 4.44. The number of rotatable bonds is 5. The molecule has 2 aromatic rings. The zero-order valence-electron chi connectivity index (χ0n) is 10.3. The number of nitrogen functional groups attached to an aromatic ring is 1. The predicted molar refractivity (Wildman–Crippen MR) is 71.3 cm³/mol. The van der Waals surface area contributed by atoms with E-state index in [9.17, 15) is 10.2 Å². The van der Waals surface area contributed by atoms with E-state index in [0.717, 1.165) is 11.0 Å². The third-order valence-corrected chi connectivity index (χ3v) is 3.17. The summed E-state index contributed by atoms with van der Waals surface area (Å²) in [5, 5.41) is 21.8. The van der Waals surface area contributed by atoms with Crippen LogP contribution in [0.3, 0.4) is 0 Å². The molecule has 2 rings (SSSR count). The van der Waals surface area contributed by atoms with Crippen molar-refractivity contribution in [3.8, 4) is 0 Å². The normalized spacial score (nSPS) is 11.9. The summed E-state index contributed by atoms with van der Waals surface area (Å²) in [6.07, 6.45) is 0.583. The molecule has 0 atom stereocenters. The first kappa shape index (κ1) is 12.7. The number of benzene rings is 1. The van der Waals surface area contributed by atoms with Crippen LogP contribution >= 0.6 is 0 Å². The van der Waals surface area contributed by atoms with Gasteiger partial charge < -0.3 is 26.2 Å². The van der Waals surface area contributed by atoms with E-state index in [-0.39, 0.29) is 13.2 Å². The number of nitrogens with zero attached hydrogens (tertiary/aromatic N) is 1. The van der Waals surface area contributed by atoms with Gasteiger partial charge in [0.05, 0.1) is 29.8 Å². The number of aromatic nitrogens is 2. The highest BCUT2D eigenvalue weighted by Crippen LogP contribution is 2.21. The summed E-state index contributed by atoms with van der Waals surface area (Å²) in [4.78, 5) is 7.41. The van der Waals surface area contributed by atoms with Crippen molar-refractivity contribution >= 4 is 22.7 Å². The fourth-order valence-electron chi connectivity index (χ4n) is 1.78. The highest BCUT2D eigenvalue weighted by molar-refractivity contribution is 5.80. The number of H-pyrrole nitrogens is 1. The van der Waals surface area contributed by atoms with Crippen LogP contribution in [0.5, 0.6) is 0 Å². The summed E-state index contributed by atoms with van der Waals surface area (Å²) < 4.78 is 0. The van der Waals surface area contributed by atoms with Gasteiger partial charge in [-0.3, -0.25) is 0 Å². The second-order valence-electron chi connectivity index (χ2n) is 4.44. The van der Waals surface area contributed by atoms with Gasteiger partial charge in [0.15, 0.2) is 0 Å². The standard InChI is InChI=1S/C12H18N4O2/c1-2-12(6-17,7-18)16-11-14-9-4-3-8(13)5-10(9)15-11/h3-5,17-18H,2,6-7,13H2,1H3,(H2,14,15,16). The molecule has 1 aromatic heterocycles. The van der Waals surface area contributed by atoms with Gasteiger partial charge in [-0.1, -0.05) is 6.92 Å². The van der Waals surface area contributed by atoms with Crippen molar-refractivity contribution in [2.45, 2.75) is 18.9 Å². The van der Waals surface area contributed by atoms with E-state index in [2.05, 4.69) is 15.3 Å². The van der Waals surface area contributed by atoms with Crippen molar-refractivity contribution in [2.75, 3.05) is 24.3 Å². The predicted octanol–water partition coefficient (Wildman–Crippen LogP) is 0.690. The van der Waals surface area contributed by atoms with E-state index in [0.29, 0.717) is 18.1 Å². The van der Waals surface area contributed by atoms with Gasteiger partial charge in [-0.05, 0) is 24.6 Å². The first-order valence-corrected chi connectivity index (χ1v) is 5.87. The molecule has 0 fully saturated rings. The number of anilines is 2. The summed E-state index contributed by atoms with van der Waals surface area (Å²) in [5.41, 5.74) is 7.19. The lowest BCUT2D eigenvalue weighted by Gasteiger charge is -2.29. The Labute approximate surface area is 105 Å². The first-order chi connectivity index (χ1) is 8.62. The van der Waals surface area contributed by atoms with Gasteiger partial charge >= 0.3 is 0 Å². The van der Waals surface area contributed by atoms with Crippen molar-refractivity contribution in [3.63, 3.8) is 0 Å². The van der Waals surface area contributed by atoms with Gasteiger partial charge in [-0.2, -0.15) is 0 Å². The van der Waals surface area contributed by atoms with Crippen LogP contribution in [0.4, 0.5) is 11.6 Å². The minimum atomic E-state index is -0.764. The molecule has 0 amide bonds. The maximum Gasteiger partial charge on any atom is 0.201 e. The van der Waals surface area contributed by atoms with E-state index in [1.807, 2.05) is 13.0 Å². The smallest absolute Gasteiger partial charge is 0.201 e. The lowest BCUT2D eigenvalue weighted by atomic mass is 9.99. The summed E-state index contributed by atoms with van der Waals surface area (Å²) in [7, 11) is 0. The number of aliphatic hydroxyl groups excluding tert-OH is 2. The molecule has 1 aromatic carbocycles. The third-order valence-electron chi connectivity index (χ3n) is 3.17. The molecule has 0 spiro atoms. The molecule has 6 N–H and O–H groups in total. The third kappa shape index (κ3) is 2.25. The Morgan fingerprint density at radius 1 is 1.39 bits per heavy atom. The summed E-state index contributed by atoms with van der Waals surface area (Å²) >= 11 is 0. The van der Waals surface area contributed by atoms with Gasteiger partial charge in [0.25, 0.3) is 0 Å². The van der Waals surface area contributed by atoms with Crippen LogP contribution in [-0.4, -0.2) is 38.9 Å². The molecule has 0 aliphatic rings. The number of nitrogens with one attached hydrogen (secondary N) is 2. The Balaban J connectivity index is 2.31. The highest BCUT2D eigenvalue weighted by atomic mass is 16.3. The highest BCUT2D eigenvalue weighted by Gasteiger charge is 2.27. The average molecular weight is 250 g/mol. The van der Waals surface area contributed by atoms with Gasteiger partial charge in [0.2, 0.25) is 5.95 Å². The molecule has 6 heteroatoms. The first-order valence-electron chi connectivity index (χ1n) is 5.87. The van der Waals surface area contributed by atoms with Crippen molar-refractivity contribution in [3.05, 3.63) is 18.2 Å². The Bertz CT molecular complexity index is 526. The molecule has 0 aliphatic heterocycles. The quantitative estimate of drug-likeness (QED) is 0.502. The number of aromatic amines is 1. The zero-order valence-corrected chi connectivity index (χ0v) is 10.3. The van der Waals surface area contributed by atoms with Crippen LogP contribution < -0.4 is 11.1 Å². The molecule has 98 valence electrons. The fourth-order valence-corrected chi connectivity index (χ4v) is 1.78. The molecular formula is C12H18N4O2. The Kier molecular flexibility index (Phi) is 3.40. The van der Waals surface area contributed by atoms with E-state index in [4.69, 9.17) is 5.73 Å². The van der Waals surface area contributed by atoms with E-state index in [1.165, 1.54) is 0 Å². The molecule has 0 aliphatic carbocycles. The topological polar surface area (TPSA) is 107 Å². The lowest BCUT2D eigenvalue weighted by molar-refractivity contribution is 0.132. The molecular weight excluding hydrogens is 232 g/mol. The molecule has 0 saturated heterocycles. The molecule has 18 heavy (non-hydrogen) atoms. The van der Waals surface area contributed by atoms with Crippen LogP contribution in [0, 0.1) is 0 Å². The van der Waals surface area contributed by atoms with Crippen molar-refractivity contribution < 1.29 is 10.2 Å². The Hall–Kier alpha value is -1.79. The van der Waals surface area contributed by atoms with Crippen LogP contribution in [0.15, 0.2) is 18.2 Å². The minimum Gasteiger partial charge on any atom is -0.399 e. The van der Waals surface area contributed by atoms with Gasteiger partial charge in [-0.15, -0.1) is 0 Å². The van der Waals surface area contributed by atoms with Crippen LogP contribution in [0.2, 0.25) is 0 Å². The van der Waals surface area contributed by atoms with E-state index in [1.54, 1.807) is 12.1 Å². The molecule has 0 unspecified atom stereocenters. The number of fused-ring (bicyclic) bond motifs is 1. The fraction of sp³-hybridized carbons (Fsp3) is 0.417. The average Bonchev–Trinajstić information content (AvgIpc) is 2.77. The number of nitrogens with two attached hydrogens (primary N) is 1. The number of hydrogen-bond acceptors (Lipinski definition) is 5. The van der Waals surface area contributed by atoms with Crippen LogP contribution in [0.1, 0.15) is 13.3 Å². The zero-order chi connectivity index (χ0) is 13.2. The van der Waals surface area contributed by atoms with Crippen molar-refractivity contribution in [1.82, 2.24) is 9.97 Å². The van der Waals surface area contributed by atoms with Gasteiger partial charge in [-0.25, -0.2) is 4.98 Å². The summed E-state index contributed by atoms with van der Waals surface area (Å²) in [6.45, 7) is 1.55. The molecule has 6 nitrogen and oxygen atoms in total. The molecule has 1 heterocycles. The van der Waals surface area contributed by atoms with Gasteiger partial charge in [0, 0.05) is 5.69 Å². The maximum absolute atomic E-state index is 9.37. The molecule has 0 radical (unpaired) electrons. The monoisotopic (exact) mass is 250 g/mol. The SMILES string of the molecule is CCC(CO)(CO)Nc1nc2ccc(N)cc2[nH]1.